The second kappa shape index (κ2) is 9.98. The van der Waals surface area contributed by atoms with E-state index in [0.29, 0.717) is 12.2 Å². The molecular weight excluding hydrogens is 467 g/mol. The van der Waals surface area contributed by atoms with E-state index in [1.807, 2.05) is 19.9 Å². The van der Waals surface area contributed by atoms with Crippen LogP contribution in [-0.2, 0) is 17.3 Å². The average molecular weight is 501 g/mol. The zero-order valence-corrected chi connectivity index (χ0v) is 21.5. The molecule has 0 spiro atoms. The van der Waals surface area contributed by atoms with Gasteiger partial charge in [0.1, 0.15) is 6.17 Å². The number of piperidine rings is 1. The summed E-state index contributed by atoms with van der Waals surface area (Å²) in [6.45, 7) is 8.74. The molecule has 0 unspecified atom stereocenters. The zero-order chi connectivity index (χ0) is 24.5. The van der Waals surface area contributed by atoms with E-state index in [1.54, 1.807) is 30.3 Å². The van der Waals surface area contributed by atoms with Crippen LogP contribution in [0.4, 0.5) is 20.6 Å². The molecule has 3 rings (SSSR count). The number of nitrogens with zero attached hydrogens (tertiary/aromatic N) is 4. The predicted octanol–water partition coefficient (Wildman–Crippen LogP) is 3.64. The molecule has 1 aliphatic rings. The number of carbonyl (C=O) groups is 1. The second-order valence-corrected chi connectivity index (χ2v) is 11.8. The molecule has 1 aliphatic heterocycles. The van der Waals surface area contributed by atoms with E-state index >= 15 is 0 Å². The average Bonchev–Trinajstić information content (AvgIpc) is 3.27. The van der Waals surface area contributed by atoms with Crippen LogP contribution in [0.3, 0.4) is 0 Å². The van der Waals surface area contributed by atoms with Gasteiger partial charge in [0.15, 0.2) is 0 Å². The zero-order valence-electron chi connectivity index (χ0n) is 19.9. The maximum absolute atomic E-state index is 14.3. The quantitative estimate of drug-likeness (QED) is 0.605. The van der Waals surface area contributed by atoms with Crippen LogP contribution in [0.2, 0.25) is 0 Å². The van der Waals surface area contributed by atoms with Crippen LogP contribution in [0.25, 0.3) is 0 Å². The third-order valence-electron chi connectivity index (χ3n) is 5.44. The summed E-state index contributed by atoms with van der Waals surface area (Å²) in [6, 6.07) is 0.340. The summed E-state index contributed by atoms with van der Waals surface area (Å²) in [5, 5.41) is 6.76. The van der Waals surface area contributed by atoms with Gasteiger partial charge in [-0.25, -0.2) is 18.2 Å². The highest BCUT2D eigenvalue weighted by Crippen LogP contribution is 2.37. The number of carbonyl (C=O) groups excluding carboxylic acids is 1. The second-order valence-electron chi connectivity index (χ2n) is 9.17. The fourth-order valence-corrected chi connectivity index (χ4v) is 6.43. The van der Waals surface area contributed by atoms with E-state index in [0.717, 1.165) is 14.1 Å². The van der Waals surface area contributed by atoms with Crippen LogP contribution in [-0.4, -0.2) is 61.5 Å². The molecule has 2 atom stereocenters. The van der Waals surface area contributed by atoms with Crippen molar-refractivity contribution in [1.82, 2.24) is 19.4 Å². The van der Waals surface area contributed by atoms with Crippen molar-refractivity contribution < 1.29 is 17.6 Å². The molecule has 2 N–H and O–H groups in total. The van der Waals surface area contributed by atoms with Crippen LogP contribution in [0.5, 0.6) is 0 Å². The number of likely N-dealkylation sites (N-methyl/N-ethyl adjacent to an activating group) is 1. The summed E-state index contributed by atoms with van der Waals surface area (Å²) in [6.07, 6.45) is 1.78. The summed E-state index contributed by atoms with van der Waals surface area (Å²) in [5.74, 6) is 0.452. The molecule has 0 saturated carbocycles. The minimum Gasteiger partial charge on any atom is -0.306 e. The fraction of sp³-hybridized carbons (Fsp3) is 0.619. The number of hydrogen-bond donors (Lipinski definition) is 2. The van der Waals surface area contributed by atoms with Crippen LogP contribution < -0.4 is 14.3 Å². The van der Waals surface area contributed by atoms with Gasteiger partial charge in [0.25, 0.3) is 0 Å². The monoisotopic (exact) mass is 500 g/mol. The number of hydrogen-bond acceptors (Lipinski definition) is 6. The number of anilines is 2. The number of alkyl halides is 1. The number of amides is 2. The Balaban J connectivity index is 1.86. The lowest BCUT2D eigenvalue weighted by Crippen LogP contribution is -2.56. The maximum atomic E-state index is 14.3. The molecule has 2 aromatic rings. The van der Waals surface area contributed by atoms with Crippen molar-refractivity contribution >= 4 is 39.0 Å². The minimum absolute atomic E-state index is 0.0293. The fourth-order valence-electron chi connectivity index (χ4n) is 4.00. The molecule has 3 heterocycles. The number of halogens is 1. The van der Waals surface area contributed by atoms with E-state index < -0.39 is 28.5 Å². The largest absolute Gasteiger partial charge is 0.334 e. The van der Waals surface area contributed by atoms with Gasteiger partial charge in [0.05, 0.1) is 23.6 Å². The van der Waals surface area contributed by atoms with Crippen molar-refractivity contribution in [3.05, 3.63) is 28.2 Å². The van der Waals surface area contributed by atoms with E-state index in [4.69, 9.17) is 0 Å². The summed E-state index contributed by atoms with van der Waals surface area (Å²) in [5.41, 5.74) is 0.867. The van der Waals surface area contributed by atoms with Crippen molar-refractivity contribution in [3.63, 3.8) is 0 Å². The molecule has 0 aromatic carbocycles. The van der Waals surface area contributed by atoms with E-state index in [2.05, 4.69) is 29.0 Å². The van der Waals surface area contributed by atoms with Gasteiger partial charge in [0, 0.05) is 42.5 Å². The van der Waals surface area contributed by atoms with Gasteiger partial charge in [-0.3, -0.25) is 4.68 Å². The summed E-state index contributed by atoms with van der Waals surface area (Å²) < 4.78 is 45.7. The third-order valence-corrected chi connectivity index (χ3v) is 8.65. The lowest BCUT2D eigenvalue weighted by Gasteiger charge is -2.38. The Morgan fingerprint density at radius 1 is 1.24 bits per heavy atom. The maximum Gasteiger partial charge on any atom is 0.334 e. The molecular formula is C21H33FN6O3S2. The van der Waals surface area contributed by atoms with Gasteiger partial charge in [-0.2, -0.15) is 13.5 Å². The Bertz CT molecular complexity index is 1070. The van der Waals surface area contributed by atoms with E-state index in [-0.39, 0.29) is 30.5 Å². The van der Waals surface area contributed by atoms with Crippen LogP contribution in [0.15, 0.2) is 18.5 Å². The third kappa shape index (κ3) is 6.04. The van der Waals surface area contributed by atoms with Crippen molar-refractivity contribution in [2.45, 2.75) is 58.2 Å². The molecule has 0 aliphatic carbocycles. The Morgan fingerprint density at radius 2 is 1.94 bits per heavy atom. The van der Waals surface area contributed by atoms with Gasteiger partial charge >= 0.3 is 16.2 Å². The molecule has 1 saturated heterocycles. The van der Waals surface area contributed by atoms with Crippen molar-refractivity contribution in [3.8, 4) is 0 Å². The normalized spacial score (nSPS) is 19.8. The first-order chi connectivity index (χ1) is 15.4. The molecule has 0 bridgehead atoms. The lowest BCUT2D eigenvalue weighted by molar-refractivity contribution is 0.148. The molecule has 0 radical (unpaired) electrons. The van der Waals surface area contributed by atoms with Gasteiger partial charge in [0.2, 0.25) is 0 Å². The Kier molecular flexibility index (Phi) is 7.69. The Morgan fingerprint density at radius 3 is 2.48 bits per heavy atom. The summed E-state index contributed by atoms with van der Waals surface area (Å²) in [7, 11) is -0.941. The molecule has 9 nitrogen and oxygen atoms in total. The molecule has 12 heteroatoms. The molecule has 184 valence electrons. The molecule has 2 amide bonds. The van der Waals surface area contributed by atoms with Crippen molar-refractivity contribution in [1.29, 1.82) is 0 Å². The standard InChI is InChI=1S/C21H33FN6O3S2/c1-13(2)19-8-18(20(32-19)14(3)4)24-21(29)25-33(30,31)28(17-9-23-27(6)12-17)16-7-15(22)10-26(5)11-16/h8-9,12-16H,7,10-11H2,1-6H3,(H2,24,25,29)/t15-,16+/m1/s1. The minimum atomic E-state index is -4.34. The number of rotatable bonds is 7. The first-order valence-electron chi connectivity index (χ1n) is 11.0. The number of aromatic nitrogens is 2. The van der Waals surface area contributed by atoms with Gasteiger partial charge in [-0.1, -0.05) is 27.7 Å². The van der Waals surface area contributed by atoms with E-state index in [1.165, 1.54) is 17.1 Å². The highest BCUT2D eigenvalue weighted by atomic mass is 32.2. The first kappa shape index (κ1) is 25.4. The van der Waals surface area contributed by atoms with E-state index in [9.17, 15) is 17.6 Å². The number of thiophene rings is 1. The Labute approximate surface area is 199 Å². The van der Waals surface area contributed by atoms with Crippen LogP contribution in [0, 0.1) is 0 Å². The number of likely N-dealkylation sites (tertiary alicyclic amines) is 1. The van der Waals surface area contributed by atoms with Crippen molar-refractivity contribution in [2.24, 2.45) is 7.05 Å². The van der Waals surface area contributed by atoms with Gasteiger partial charge in [-0.15, -0.1) is 11.3 Å². The van der Waals surface area contributed by atoms with Gasteiger partial charge in [-0.05, 0) is 24.9 Å². The van der Waals surface area contributed by atoms with Crippen LogP contribution >= 0.6 is 11.3 Å². The lowest BCUT2D eigenvalue weighted by atomic mass is 10.0. The van der Waals surface area contributed by atoms with Crippen LogP contribution in [0.1, 0.15) is 55.7 Å². The smallest absolute Gasteiger partial charge is 0.306 e. The number of aryl methyl sites for hydroxylation is 1. The highest BCUT2D eigenvalue weighted by molar-refractivity contribution is 7.91. The summed E-state index contributed by atoms with van der Waals surface area (Å²) >= 11 is 1.60. The predicted molar refractivity (Wildman–Crippen MR) is 130 cm³/mol. The van der Waals surface area contributed by atoms with Gasteiger partial charge < -0.3 is 10.2 Å². The molecule has 1 fully saturated rings. The summed E-state index contributed by atoms with van der Waals surface area (Å²) in [4.78, 5) is 16.6. The molecule has 2 aromatic heterocycles. The SMILES string of the molecule is CC(C)c1cc(NC(=O)NS(=O)(=O)N(c2cnn(C)c2)[C@H]2C[C@@H](F)CN(C)C2)c(C(C)C)s1. The first-order valence-corrected chi connectivity index (χ1v) is 13.2. The molecule has 33 heavy (non-hydrogen) atoms. The topological polar surface area (TPSA) is 99.6 Å². The number of nitrogens with one attached hydrogen (secondary N) is 2. The Hall–Kier alpha value is -2.18. The highest BCUT2D eigenvalue weighted by Gasteiger charge is 2.37. The van der Waals surface area contributed by atoms with Crippen molar-refractivity contribution in [2.75, 3.05) is 29.8 Å². The number of urea groups is 1.